The fourth-order valence-corrected chi connectivity index (χ4v) is 3.63. The van der Waals surface area contributed by atoms with Crippen molar-refractivity contribution in [3.63, 3.8) is 0 Å². The Balaban J connectivity index is 1.88. The first-order valence-corrected chi connectivity index (χ1v) is 7.50. The summed E-state index contributed by atoms with van der Waals surface area (Å²) in [5.41, 5.74) is -0.0314. The predicted molar refractivity (Wildman–Crippen MR) is 74.7 cm³/mol. The van der Waals surface area contributed by atoms with Crippen molar-refractivity contribution in [3.8, 4) is 0 Å². The van der Waals surface area contributed by atoms with E-state index in [1.807, 2.05) is 0 Å². The molecule has 0 amide bonds. The van der Waals surface area contributed by atoms with E-state index < -0.39 is 0 Å². The second-order valence-electron chi connectivity index (χ2n) is 6.49. The Hall–Kier alpha value is -0.410. The van der Waals surface area contributed by atoms with Crippen LogP contribution in [0.3, 0.4) is 0 Å². The number of likely N-dealkylation sites (tertiary alicyclic amines) is 1. The maximum atomic E-state index is 11.5. The van der Waals surface area contributed by atoms with Crippen molar-refractivity contribution in [1.29, 1.82) is 0 Å². The van der Waals surface area contributed by atoms with Gasteiger partial charge in [-0.05, 0) is 52.9 Å². The highest BCUT2D eigenvalue weighted by atomic mass is 16.1. The minimum atomic E-state index is -0.0314. The maximum Gasteiger partial charge on any atom is 0.127 e. The summed E-state index contributed by atoms with van der Waals surface area (Å²) in [6.07, 6.45) is 9.76. The van der Waals surface area contributed by atoms with Crippen LogP contribution in [0.5, 0.6) is 0 Å². The number of piperidine rings is 1. The van der Waals surface area contributed by atoms with Gasteiger partial charge in [0.15, 0.2) is 0 Å². The van der Waals surface area contributed by atoms with Gasteiger partial charge in [0.05, 0.1) is 0 Å². The topological polar surface area (TPSA) is 23.6 Å². The van der Waals surface area contributed by atoms with Gasteiger partial charge in [0.1, 0.15) is 6.29 Å². The first kappa shape index (κ1) is 14.0. The van der Waals surface area contributed by atoms with E-state index in [0.29, 0.717) is 6.04 Å². The molecule has 0 aromatic carbocycles. The second kappa shape index (κ2) is 6.16. The second-order valence-corrected chi connectivity index (χ2v) is 6.49. The molecule has 0 aromatic rings. The van der Waals surface area contributed by atoms with Gasteiger partial charge in [-0.2, -0.15) is 0 Å². The van der Waals surface area contributed by atoms with Crippen LogP contribution in [0.2, 0.25) is 0 Å². The Morgan fingerprint density at radius 3 is 2.39 bits per heavy atom. The van der Waals surface area contributed by atoms with E-state index in [4.69, 9.17) is 0 Å². The van der Waals surface area contributed by atoms with E-state index in [2.05, 4.69) is 23.9 Å². The van der Waals surface area contributed by atoms with Gasteiger partial charge in [-0.3, -0.25) is 0 Å². The SMILES string of the molecule is CN1CCC(N(C)CC2(C=O)CCCCC2)CC1. The van der Waals surface area contributed by atoms with Crippen LogP contribution in [0.15, 0.2) is 0 Å². The van der Waals surface area contributed by atoms with Crippen LogP contribution < -0.4 is 0 Å². The van der Waals surface area contributed by atoms with Crippen LogP contribution in [0, 0.1) is 5.41 Å². The third-order valence-corrected chi connectivity index (χ3v) is 4.98. The Kier molecular flexibility index (Phi) is 4.79. The molecule has 0 unspecified atom stereocenters. The molecule has 18 heavy (non-hydrogen) atoms. The lowest BCUT2D eigenvalue weighted by molar-refractivity contribution is -0.119. The Morgan fingerprint density at radius 2 is 1.83 bits per heavy atom. The van der Waals surface area contributed by atoms with Gasteiger partial charge < -0.3 is 14.6 Å². The monoisotopic (exact) mass is 252 g/mol. The van der Waals surface area contributed by atoms with E-state index in [0.717, 1.165) is 19.4 Å². The van der Waals surface area contributed by atoms with Gasteiger partial charge >= 0.3 is 0 Å². The van der Waals surface area contributed by atoms with Crippen molar-refractivity contribution >= 4 is 6.29 Å². The molecule has 0 radical (unpaired) electrons. The largest absolute Gasteiger partial charge is 0.306 e. The lowest BCUT2D eigenvalue weighted by Crippen LogP contribution is -2.47. The molecule has 1 heterocycles. The fraction of sp³-hybridized carbons (Fsp3) is 0.933. The number of carbonyl (C=O) groups is 1. The maximum absolute atomic E-state index is 11.5. The van der Waals surface area contributed by atoms with Crippen molar-refractivity contribution < 1.29 is 4.79 Å². The molecular weight excluding hydrogens is 224 g/mol. The number of hydrogen-bond donors (Lipinski definition) is 0. The zero-order valence-electron chi connectivity index (χ0n) is 12.0. The molecule has 1 aliphatic heterocycles. The summed E-state index contributed by atoms with van der Waals surface area (Å²) in [7, 11) is 4.42. The third-order valence-electron chi connectivity index (χ3n) is 4.98. The Labute approximate surface area is 112 Å². The first-order chi connectivity index (χ1) is 8.65. The minimum Gasteiger partial charge on any atom is -0.306 e. The molecular formula is C15H28N2O. The molecule has 3 nitrogen and oxygen atoms in total. The summed E-state index contributed by atoms with van der Waals surface area (Å²) in [6, 6.07) is 0.681. The number of aldehydes is 1. The normalized spacial score (nSPS) is 26.4. The van der Waals surface area contributed by atoms with Crippen LogP contribution >= 0.6 is 0 Å². The predicted octanol–water partition coefficient (Wildman–Crippen LogP) is 2.16. The fourth-order valence-electron chi connectivity index (χ4n) is 3.63. The average Bonchev–Trinajstić information content (AvgIpc) is 2.40. The third kappa shape index (κ3) is 3.33. The van der Waals surface area contributed by atoms with E-state index >= 15 is 0 Å². The summed E-state index contributed by atoms with van der Waals surface area (Å²) >= 11 is 0. The van der Waals surface area contributed by atoms with Crippen molar-refractivity contribution in [2.24, 2.45) is 5.41 Å². The average molecular weight is 252 g/mol. The van der Waals surface area contributed by atoms with Crippen LogP contribution in [-0.2, 0) is 4.79 Å². The molecule has 0 bridgehead atoms. The van der Waals surface area contributed by atoms with Crippen LogP contribution in [0.4, 0.5) is 0 Å². The van der Waals surface area contributed by atoms with Crippen molar-refractivity contribution in [2.75, 3.05) is 33.7 Å². The van der Waals surface area contributed by atoms with Crippen LogP contribution in [-0.4, -0.2) is 55.9 Å². The lowest BCUT2D eigenvalue weighted by Gasteiger charge is -2.41. The standard InChI is InChI=1S/C15H28N2O/c1-16-10-6-14(7-11-16)17(2)12-15(13-18)8-4-3-5-9-15/h13-14H,3-12H2,1-2H3. The van der Waals surface area contributed by atoms with Crippen molar-refractivity contribution in [3.05, 3.63) is 0 Å². The highest BCUT2D eigenvalue weighted by Crippen LogP contribution is 2.35. The van der Waals surface area contributed by atoms with Crippen molar-refractivity contribution in [2.45, 2.75) is 51.0 Å². The highest BCUT2D eigenvalue weighted by molar-refractivity contribution is 5.60. The molecule has 1 saturated carbocycles. The molecule has 2 aliphatic rings. The summed E-state index contributed by atoms with van der Waals surface area (Å²) in [5.74, 6) is 0. The quantitative estimate of drug-likeness (QED) is 0.716. The zero-order valence-corrected chi connectivity index (χ0v) is 12.0. The summed E-state index contributed by atoms with van der Waals surface area (Å²) in [6.45, 7) is 3.37. The van der Waals surface area contributed by atoms with Gasteiger partial charge in [-0.1, -0.05) is 19.3 Å². The van der Waals surface area contributed by atoms with Crippen molar-refractivity contribution in [1.82, 2.24) is 9.80 Å². The van der Waals surface area contributed by atoms with Gasteiger partial charge in [-0.15, -0.1) is 0 Å². The molecule has 1 saturated heterocycles. The smallest absolute Gasteiger partial charge is 0.127 e. The number of nitrogens with zero attached hydrogens (tertiary/aromatic N) is 2. The molecule has 2 rings (SSSR count). The highest BCUT2D eigenvalue weighted by Gasteiger charge is 2.34. The number of carbonyl (C=O) groups excluding carboxylic acids is 1. The lowest BCUT2D eigenvalue weighted by atomic mass is 9.74. The molecule has 0 atom stereocenters. The molecule has 0 spiro atoms. The van der Waals surface area contributed by atoms with E-state index in [-0.39, 0.29) is 5.41 Å². The van der Waals surface area contributed by atoms with Gasteiger partial charge in [0.25, 0.3) is 0 Å². The van der Waals surface area contributed by atoms with E-state index in [1.54, 1.807) is 0 Å². The summed E-state index contributed by atoms with van der Waals surface area (Å²) in [5, 5.41) is 0. The molecule has 0 N–H and O–H groups in total. The molecule has 104 valence electrons. The molecule has 2 fully saturated rings. The molecule has 1 aliphatic carbocycles. The minimum absolute atomic E-state index is 0.0314. The summed E-state index contributed by atoms with van der Waals surface area (Å²) in [4.78, 5) is 16.4. The van der Waals surface area contributed by atoms with Crippen LogP contribution in [0.25, 0.3) is 0 Å². The molecule has 0 aromatic heterocycles. The number of rotatable bonds is 4. The number of hydrogen-bond acceptors (Lipinski definition) is 3. The Bertz CT molecular complexity index is 266. The van der Waals surface area contributed by atoms with Gasteiger partial charge in [-0.25, -0.2) is 0 Å². The molecule has 3 heteroatoms. The Morgan fingerprint density at radius 1 is 1.22 bits per heavy atom. The van der Waals surface area contributed by atoms with Crippen LogP contribution in [0.1, 0.15) is 44.9 Å². The summed E-state index contributed by atoms with van der Waals surface area (Å²) < 4.78 is 0. The zero-order chi connectivity index (χ0) is 13.0. The first-order valence-electron chi connectivity index (χ1n) is 7.50. The van der Waals surface area contributed by atoms with E-state index in [9.17, 15) is 4.79 Å². The van der Waals surface area contributed by atoms with Gasteiger partial charge in [0.2, 0.25) is 0 Å². The van der Waals surface area contributed by atoms with E-state index in [1.165, 1.54) is 51.5 Å². The van der Waals surface area contributed by atoms with Gasteiger partial charge in [0, 0.05) is 18.0 Å².